The molecule has 0 atom stereocenters. The molecule has 3 heteroatoms. The summed E-state index contributed by atoms with van der Waals surface area (Å²) in [6.45, 7) is 0. The maximum Gasteiger partial charge on any atom is 0.164 e. The summed E-state index contributed by atoms with van der Waals surface area (Å²) in [7, 11) is 0. The van der Waals surface area contributed by atoms with Crippen LogP contribution in [0.1, 0.15) is 0 Å². The molecule has 54 heavy (non-hydrogen) atoms. The Bertz CT molecular complexity index is 2540. The van der Waals surface area contributed by atoms with Crippen LogP contribution in [0.4, 0.5) is 0 Å². The largest absolute Gasteiger partial charge is 0.208 e. The highest BCUT2D eigenvalue weighted by Crippen LogP contribution is 2.43. The lowest BCUT2D eigenvalue weighted by Crippen LogP contribution is -2.00. The van der Waals surface area contributed by atoms with E-state index >= 15 is 0 Å². The Morgan fingerprint density at radius 3 is 0.981 bits per heavy atom. The summed E-state index contributed by atoms with van der Waals surface area (Å²) in [6, 6.07) is 74.3. The predicted molar refractivity (Wildman–Crippen MR) is 223 cm³/mol. The summed E-state index contributed by atoms with van der Waals surface area (Å²) in [6.07, 6.45) is 0. The summed E-state index contributed by atoms with van der Waals surface area (Å²) < 4.78 is 0. The van der Waals surface area contributed by atoms with Gasteiger partial charge in [-0.2, -0.15) is 0 Å². The second-order valence-electron chi connectivity index (χ2n) is 13.2. The van der Waals surface area contributed by atoms with Gasteiger partial charge in [-0.3, -0.25) is 0 Å². The van der Waals surface area contributed by atoms with Gasteiger partial charge in [0.05, 0.1) is 0 Å². The molecule has 3 nitrogen and oxygen atoms in total. The summed E-state index contributed by atoms with van der Waals surface area (Å²) in [4.78, 5) is 14.8. The van der Waals surface area contributed by atoms with Crippen molar-refractivity contribution in [2.24, 2.45) is 0 Å². The van der Waals surface area contributed by atoms with Crippen LogP contribution < -0.4 is 0 Å². The molecule has 0 spiro atoms. The molecule has 0 aliphatic heterocycles. The van der Waals surface area contributed by atoms with Crippen LogP contribution in [0.25, 0.3) is 89.8 Å². The monoisotopic (exact) mass is 689 g/mol. The standard InChI is InChI=1S/C51H35N3/c1-6-17-38(18-7-1)46-34-45(35-47(39-19-8-2-9-20-39)48(46)40-21-10-3-11-22-40)37-31-29-36(30-32-37)43-27-16-28-44(33-43)51-53-49(41-23-12-4-13-24-41)52-50(54-51)42-25-14-5-15-26-42/h1-35H. The summed E-state index contributed by atoms with van der Waals surface area (Å²) in [5.41, 5.74) is 14.6. The number of hydrogen-bond acceptors (Lipinski definition) is 3. The van der Waals surface area contributed by atoms with Crippen molar-refractivity contribution in [3.05, 3.63) is 212 Å². The fraction of sp³-hybridized carbons (Fsp3) is 0. The second-order valence-corrected chi connectivity index (χ2v) is 13.2. The lowest BCUT2D eigenvalue weighted by atomic mass is 9.84. The van der Waals surface area contributed by atoms with E-state index in [0.29, 0.717) is 17.5 Å². The van der Waals surface area contributed by atoms with E-state index in [1.54, 1.807) is 0 Å². The van der Waals surface area contributed by atoms with Crippen LogP contribution in [0.5, 0.6) is 0 Å². The Morgan fingerprint density at radius 1 is 0.204 bits per heavy atom. The van der Waals surface area contributed by atoms with Crippen molar-refractivity contribution in [2.45, 2.75) is 0 Å². The molecule has 254 valence electrons. The number of rotatable bonds is 8. The molecule has 8 aromatic carbocycles. The molecule has 0 fully saturated rings. The second kappa shape index (κ2) is 14.8. The Labute approximate surface area is 316 Å². The van der Waals surface area contributed by atoms with E-state index in [2.05, 4.69) is 152 Å². The minimum Gasteiger partial charge on any atom is -0.208 e. The molecular formula is C51H35N3. The SMILES string of the molecule is c1ccc(-c2nc(-c3ccccc3)nc(-c3cccc(-c4ccc(-c5cc(-c6ccccc6)c(-c6ccccc6)c(-c6ccccc6)c5)cc4)c3)n2)cc1. The van der Waals surface area contributed by atoms with Crippen molar-refractivity contribution in [3.8, 4) is 89.8 Å². The fourth-order valence-corrected chi connectivity index (χ4v) is 7.05. The Balaban J connectivity index is 1.12. The van der Waals surface area contributed by atoms with Crippen molar-refractivity contribution in [1.82, 2.24) is 15.0 Å². The van der Waals surface area contributed by atoms with Gasteiger partial charge in [0.1, 0.15) is 0 Å². The average Bonchev–Trinajstić information content (AvgIpc) is 3.27. The van der Waals surface area contributed by atoms with E-state index in [9.17, 15) is 0 Å². The number of hydrogen-bond donors (Lipinski definition) is 0. The van der Waals surface area contributed by atoms with Crippen molar-refractivity contribution in [3.63, 3.8) is 0 Å². The number of benzene rings is 8. The zero-order valence-electron chi connectivity index (χ0n) is 29.5. The highest BCUT2D eigenvalue weighted by atomic mass is 15.0. The third-order valence-electron chi connectivity index (χ3n) is 9.74. The minimum absolute atomic E-state index is 0.640. The molecule has 0 aliphatic rings. The molecular weight excluding hydrogens is 655 g/mol. The van der Waals surface area contributed by atoms with E-state index < -0.39 is 0 Å². The van der Waals surface area contributed by atoms with Crippen LogP contribution in [-0.4, -0.2) is 15.0 Å². The van der Waals surface area contributed by atoms with Gasteiger partial charge in [0.25, 0.3) is 0 Å². The highest BCUT2D eigenvalue weighted by molar-refractivity contribution is 5.97. The van der Waals surface area contributed by atoms with E-state index in [1.807, 2.05) is 60.7 Å². The van der Waals surface area contributed by atoms with Gasteiger partial charge in [-0.25, -0.2) is 15.0 Å². The first-order valence-electron chi connectivity index (χ1n) is 18.2. The van der Waals surface area contributed by atoms with Gasteiger partial charge in [0.15, 0.2) is 17.5 Å². The summed E-state index contributed by atoms with van der Waals surface area (Å²) in [5.74, 6) is 1.94. The average molecular weight is 690 g/mol. The van der Waals surface area contributed by atoms with E-state index in [4.69, 9.17) is 15.0 Å². The maximum atomic E-state index is 4.96. The first kappa shape index (κ1) is 32.7. The lowest BCUT2D eigenvalue weighted by molar-refractivity contribution is 1.07. The molecule has 9 rings (SSSR count). The van der Waals surface area contributed by atoms with Gasteiger partial charge in [0, 0.05) is 16.7 Å². The first-order valence-corrected chi connectivity index (χ1v) is 18.2. The number of nitrogens with zero attached hydrogens (tertiary/aromatic N) is 3. The summed E-state index contributed by atoms with van der Waals surface area (Å²) >= 11 is 0. The van der Waals surface area contributed by atoms with E-state index in [1.165, 1.54) is 38.9 Å². The van der Waals surface area contributed by atoms with Gasteiger partial charge >= 0.3 is 0 Å². The van der Waals surface area contributed by atoms with Gasteiger partial charge < -0.3 is 0 Å². The molecule has 9 aromatic rings. The third kappa shape index (κ3) is 6.74. The fourth-order valence-electron chi connectivity index (χ4n) is 7.05. The highest BCUT2D eigenvalue weighted by Gasteiger charge is 2.18. The Kier molecular flexibility index (Phi) is 8.94. The maximum absolute atomic E-state index is 4.96. The molecule has 0 bridgehead atoms. The van der Waals surface area contributed by atoms with Crippen molar-refractivity contribution in [1.29, 1.82) is 0 Å². The van der Waals surface area contributed by atoms with Crippen molar-refractivity contribution < 1.29 is 0 Å². The van der Waals surface area contributed by atoms with Crippen LogP contribution in [0.15, 0.2) is 212 Å². The van der Waals surface area contributed by atoms with Crippen LogP contribution >= 0.6 is 0 Å². The molecule has 0 N–H and O–H groups in total. The topological polar surface area (TPSA) is 38.7 Å². The zero-order valence-corrected chi connectivity index (χ0v) is 29.5. The molecule has 1 aromatic heterocycles. The first-order chi connectivity index (χ1) is 26.8. The van der Waals surface area contributed by atoms with Crippen LogP contribution in [-0.2, 0) is 0 Å². The van der Waals surface area contributed by atoms with Crippen LogP contribution in [0, 0.1) is 0 Å². The lowest BCUT2D eigenvalue weighted by Gasteiger charge is -2.19. The van der Waals surface area contributed by atoms with E-state index in [0.717, 1.165) is 33.4 Å². The molecule has 0 amide bonds. The Hall–Kier alpha value is -7.23. The van der Waals surface area contributed by atoms with Gasteiger partial charge in [-0.1, -0.05) is 194 Å². The zero-order chi connectivity index (χ0) is 36.1. The summed E-state index contributed by atoms with van der Waals surface area (Å²) in [5, 5.41) is 0. The van der Waals surface area contributed by atoms with E-state index in [-0.39, 0.29) is 0 Å². The molecule has 1 heterocycles. The van der Waals surface area contributed by atoms with Gasteiger partial charge in [-0.05, 0) is 73.8 Å². The van der Waals surface area contributed by atoms with Crippen molar-refractivity contribution >= 4 is 0 Å². The molecule has 0 unspecified atom stereocenters. The van der Waals surface area contributed by atoms with Crippen LogP contribution in [0.2, 0.25) is 0 Å². The minimum atomic E-state index is 0.640. The molecule has 0 saturated heterocycles. The quantitative estimate of drug-likeness (QED) is 0.159. The normalized spacial score (nSPS) is 11.0. The molecule has 0 aliphatic carbocycles. The molecule has 0 saturated carbocycles. The molecule has 0 radical (unpaired) electrons. The smallest absolute Gasteiger partial charge is 0.164 e. The Morgan fingerprint density at radius 2 is 0.537 bits per heavy atom. The predicted octanol–water partition coefficient (Wildman–Crippen LogP) is 13.2. The van der Waals surface area contributed by atoms with Crippen LogP contribution in [0.3, 0.4) is 0 Å². The van der Waals surface area contributed by atoms with Gasteiger partial charge in [-0.15, -0.1) is 0 Å². The van der Waals surface area contributed by atoms with Gasteiger partial charge in [0.2, 0.25) is 0 Å². The van der Waals surface area contributed by atoms with Crippen molar-refractivity contribution in [2.75, 3.05) is 0 Å². The third-order valence-corrected chi connectivity index (χ3v) is 9.74. The number of aromatic nitrogens is 3.